The topological polar surface area (TPSA) is 39.9 Å². The molecule has 3 rings (SSSR count). The van der Waals surface area contributed by atoms with Crippen molar-refractivity contribution in [2.45, 2.75) is 37.3 Å². The van der Waals surface area contributed by atoms with Gasteiger partial charge in [0.15, 0.2) is 0 Å². The first kappa shape index (κ1) is 17.5. The predicted octanol–water partition coefficient (Wildman–Crippen LogP) is 4.43. The van der Waals surface area contributed by atoms with Crippen LogP contribution in [0.25, 0.3) is 0 Å². The highest BCUT2D eigenvalue weighted by molar-refractivity contribution is 6.35. The summed E-state index contributed by atoms with van der Waals surface area (Å²) in [6.07, 6.45) is -1.75. The summed E-state index contributed by atoms with van der Waals surface area (Å²) < 4.78 is 45.3. The summed E-state index contributed by atoms with van der Waals surface area (Å²) in [6.45, 7) is 0.205. The molecule has 24 heavy (non-hydrogen) atoms. The van der Waals surface area contributed by atoms with Crippen LogP contribution >= 0.6 is 23.2 Å². The lowest BCUT2D eigenvalue weighted by atomic mass is 9.90. The quantitative estimate of drug-likeness (QED) is 0.790. The van der Waals surface area contributed by atoms with Gasteiger partial charge in [0.25, 0.3) is 0 Å². The first-order valence-corrected chi connectivity index (χ1v) is 7.92. The van der Waals surface area contributed by atoms with Crippen molar-refractivity contribution in [1.82, 2.24) is 14.8 Å². The molecule has 4 nitrogen and oxygen atoms in total. The largest absolute Gasteiger partial charge is 0.394 e. The molecule has 0 N–H and O–H groups in total. The number of hydrogen-bond donors (Lipinski definition) is 0. The van der Waals surface area contributed by atoms with Crippen LogP contribution in [-0.2, 0) is 16.9 Å². The molecule has 0 spiro atoms. The third-order valence-corrected chi connectivity index (χ3v) is 4.44. The molecule has 1 aliphatic rings. The van der Waals surface area contributed by atoms with Gasteiger partial charge in [-0.1, -0.05) is 29.3 Å². The Hall–Kier alpha value is -1.31. The molecule has 0 bridgehead atoms. The summed E-state index contributed by atoms with van der Waals surface area (Å²) in [4.78, 5) is 3.86. The van der Waals surface area contributed by atoms with Gasteiger partial charge in [0.2, 0.25) is 0 Å². The Labute approximate surface area is 146 Å². The Morgan fingerprint density at radius 1 is 1.38 bits per heavy atom. The molecule has 2 heterocycles. The van der Waals surface area contributed by atoms with E-state index < -0.39 is 17.9 Å². The maximum absolute atomic E-state index is 12.7. The first-order valence-electron chi connectivity index (χ1n) is 7.16. The van der Waals surface area contributed by atoms with Crippen LogP contribution in [-0.4, -0.2) is 27.0 Å². The zero-order valence-electron chi connectivity index (χ0n) is 12.3. The zero-order chi connectivity index (χ0) is 17.4. The van der Waals surface area contributed by atoms with Gasteiger partial charge in [-0.25, -0.2) is 9.67 Å². The molecule has 0 amide bonds. The van der Waals surface area contributed by atoms with Crippen molar-refractivity contribution in [1.29, 1.82) is 0 Å². The van der Waals surface area contributed by atoms with Crippen LogP contribution in [0.1, 0.15) is 18.4 Å². The van der Waals surface area contributed by atoms with Gasteiger partial charge >= 0.3 is 6.18 Å². The molecule has 0 saturated carbocycles. The van der Waals surface area contributed by atoms with Crippen LogP contribution in [0.2, 0.25) is 10.0 Å². The number of benzene rings is 1. The second-order valence-electron chi connectivity index (χ2n) is 5.61. The zero-order valence-corrected chi connectivity index (χ0v) is 13.8. The Morgan fingerprint density at radius 3 is 2.79 bits per heavy atom. The smallest absolute Gasteiger partial charge is 0.364 e. The summed E-state index contributed by atoms with van der Waals surface area (Å²) in [6, 6.07) is 4.86. The van der Waals surface area contributed by atoms with Crippen molar-refractivity contribution in [3.63, 3.8) is 0 Å². The summed E-state index contributed by atoms with van der Waals surface area (Å²) in [5.74, 6) is 0. The average molecular weight is 379 g/mol. The van der Waals surface area contributed by atoms with Gasteiger partial charge < -0.3 is 4.74 Å². The Morgan fingerprint density at radius 2 is 2.17 bits per heavy atom. The highest BCUT2D eigenvalue weighted by Gasteiger charge is 2.47. The van der Waals surface area contributed by atoms with Gasteiger partial charge in [-0.3, -0.25) is 0 Å². The van der Waals surface area contributed by atoms with E-state index in [-0.39, 0.29) is 19.4 Å². The van der Waals surface area contributed by atoms with Crippen molar-refractivity contribution < 1.29 is 17.9 Å². The molecular formula is C15H13Cl2F3N3O. The number of aromatic nitrogens is 3. The maximum atomic E-state index is 12.7. The minimum Gasteiger partial charge on any atom is -0.364 e. The van der Waals surface area contributed by atoms with Gasteiger partial charge in [-0.2, -0.15) is 18.3 Å². The monoisotopic (exact) mass is 378 g/mol. The van der Waals surface area contributed by atoms with E-state index in [1.54, 1.807) is 18.2 Å². The minimum absolute atomic E-state index is 0.205. The van der Waals surface area contributed by atoms with Gasteiger partial charge in [-0.15, -0.1) is 0 Å². The highest BCUT2D eigenvalue weighted by atomic mass is 35.5. The number of ether oxygens (including phenoxy) is 1. The van der Waals surface area contributed by atoms with Gasteiger partial charge in [0.1, 0.15) is 18.3 Å². The molecular weight excluding hydrogens is 366 g/mol. The summed E-state index contributed by atoms with van der Waals surface area (Å²) in [5, 5.41) is 4.80. The molecule has 0 aliphatic carbocycles. The van der Waals surface area contributed by atoms with Crippen LogP contribution in [0.5, 0.6) is 0 Å². The van der Waals surface area contributed by atoms with E-state index in [0.717, 1.165) is 0 Å². The number of hydrogen-bond acceptors (Lipinski definition) is 3. The predicted molar refractivity (Wildman–Crippen MR) is 82.6 cm³/mol. The van der Waals surface area contributed by atoms with Crippen molar-refractivity contribution in [3.05, 3.63) is 52.9 Å². The maximum Gasteiger partial charge on any atom is 0.394 e. The Balaban J connectivity index is 1.93. The van der Waals surface area contributed by atoms with E-state index >= 15 is 0 Å². The highest BCUT2D eigenvalue weighted by Crippen LogP contribution is 2.45. The number of rotatable bonds is 4. The molecule has 2 aromatic rings. The van der Waals surface area contributed by atoms with Crippen LogP contribution in [0.15, 0.2) is 30.9 Å². The molecule has 1 aliphatic heterocycles. The molecule has 1 radical (unpaired) electrons. The van der Waals surface area contributed by atoms with Gasteiger partial charge in [-0.05, 0) is 25.0 Å². The Kier molecular flexibility index (Phi) is 4.77. The lowest BCUT2D eigenvalue weighted by Crippen LogP contribution is -2.33. The molecule has 1 saturated heterocycles. The third-order valence-electron chi connectivity index (χ3n) is 3.89. The molecule has 2 atom stereocenters. The number of nitrogens with zero attached hydrogens (tertiary/aromatic N) is 3. The van der Waals surface area contributed by atoms with E-state index in [1.165, 1.54) is 17.3 Å². The van der Waals surface area contributed by atoms with Gasteiger partial charge in [0.05, 0.1) is 19.1 Å². The summed E-state index contributed by atoms with van der Waals surface area (Å²) >= 11 is 12.2. The van der Waals surface area contributed by atoms with E-state index in [2.05, 4.69) is 10.1 Å². The van der Waals surface area contributed by atoms with E-state index in [0.29, 0.717) is 22.0 Å². The van der Waals surface area contributed by atoms with Crippen molar-refractivity contribution >= 4 is 23.2 Å². The fourth-order valence-corrected chi connectivity index (χ4v) is 3.53. The second-order valence-corrected chi connectivity index (χ2v) is 6.46. The molecule has 1 fully saturated rings. The molecule has 1 aromatic carbocycles. The standard InChI is InChI=1S/C15H13Cl2F3N3O/c16-10-1-2-12(13(17)5-10)14(7-23-9-21-8-22-23)4-3-11(24-14)6-15(18,19)20/h1-2,5-6,8-9,11H,3-4,7H2. The number of halogens is 5. The summed E-state index contributed by atoms with van der Waals surface area (Å²) in [7, 11) is 0. The average Bonchev–Trinajstić information content (AvgIpc) is 3.08. The molecule has 129 valence electrons. The van der Waals surface area contributed by atoms with E-state index in [1.807, 2.05) is 0 Å². The normalized spacial score (nSPS) is 24.5. The van der Waals surface area contributed by atoms with Crippen LogP contribution in [0, 0.1) is 6.42 Å². The fourth-order valence-electron chi connectivity index (χ4n) is 2.95. The fraction of sp³-hybridized carbons (Fsp3) is 0.400. The SMILES string of the molecule is FC(F)(F)[CH]C1CCC(Cn2cncn2)(c2ccc(Cl)cc2Cl)O1. The molecule has 1 aromatic heterocycles. The van der Waals surface area contributed by atoms with E-state index in [9.17, 15) is 13.2 Å². The van der Waals surface area contributed by atoms with Crippen molar-refractivity contribution in [2.75, 3.05) is 0 Å². The Bertz CT molecular complexity index is 708. The van der Waals surface area contributed by atoms with E-state index in [4.69, 9.17) is 27.9 Å². The lowest BCUT2D eigenvalue weighted by Gasteiger charge is -2.31. The van der Waals surface area contributed by atoms with Crippen molar-refractivity contribution in [3.8, 4) is 0 Å². The number of alkyl halides is 3. The van der Waals surface area contributed by atoms with Crippen LogP contribution < -0.4 is 0 Å². The minimum atomic E-state index is -4.40. The van der Waals surface area contributed by atoms with Gasteiger partial charge in [0, 0.05) is 15.6 Å². The van der Waals surface area contributed by atoms with Crippen LogP contribution in [0.3, 0.4) is 0 Å². The molecule has 9 heteroatoms. The second kappa shape index (κ2) is 6.54. The third kappa shape index (κ3) is 3.84. The lowest BCUT2D eigenvalue weighted by molar-refractivity contribution is -0.127. The first-order chi connectivity index (χ1) is 11.3. The van der Waals surface area contributed by atoms with Crippen molar-refractivity contribution in [2.24, 2.45) is 0 Å². The summed E-state index contributed by atoms with van der Waals surface area (Å²) in [5.41, 5.74) is -0.441. The molecule has 2 unspecified atom stereocenters. The van der Waals surface area contributed by atoms with Crippen LogP contribution in [0.4, 0.5) is 13.2 Å².